The normalized spacial score (nSPS) is 16.3. The predicted octanol–water partition coefficient (Wildman–Crippen LogP) is 1.07. The molecule has 1 atom stereocenters. The highest BCUT2D eigenvalue weighted by Gasteiger charge is 2.27. The Balaban J connectivity index is 1.86. The van der Waals surface area contributed by atoms with Gasteiger partial charge in [0.25, 0.3) is 5.91 Å². The fraction of sp³-hybridized carbons (Fsp3) is 0.467. The molecule has 1 unspecified atom stereocenters. The van der Waals surface area contributed by atoms with Crippen LogP contribution in [0.15, 0.2) is 24.3 Å². The first-order valence-corrected chi connectivity index (χ1v) is 7.63. The Morgan fingerprint density at radius 2 is 1.73 bits per heavy atom. The summed E-state index contributed by atoms with van der Waals surface area (Å²) in [5, 5.41) is 9.22. The van der Waals surface area contributed by atoms with Gasteiger partial charge in [-0.05, 0) is 31.2 Å². The van der Waals surface area contributed by atoms with Crippen molar-refractivity contribution in [1.29, 1.82) is 0 Å². The van der Waals surface area contributed by atoms with Crippen molar-refractivity contribution in [3.63, 3.8) is 0 Å². The molecule has 0 radical (unpaired) electrons. The minimum Gasteiger partial charge on any atom is -0.508 e. The standard InChI is InChI=1S/C15H19ClN2O4/c1-11(22-13-4-2-12(19)3-5-13)15(21)18-8-6-17(7-9-18)14(20)10-16/h2-5,11,19H,6-10H2,1H3. The zero-order valence-corrected chi connectivity index (χ0v) is 13.1. The predicted molar refractivity (Wildman–Crippen MR) is 82.1 cm³/mol. The number of alkyl halides is 1. The largest absolute Gasteiger partial charge is 0.508 e. The molecule has 6 nitrogen and oxygen atoms in total. The minimum atomic E-state index is -0.625. The van der Waals surface area contributed by atoms with Crippen molar-refractivity contribution in [3.8, 4) is 11.5 Å². The van der Waals surface area contributed by atoms with Crippen molar-refractivity contribution in [2.45, 2.75) is 13.0 Å². The van der Waals surface area contributed by atoms with Crippen LogP contribution in [0.25, 0.3) is 0 Å². The van der Waals surface area contributed by atoms with Gasteiger partial charge in [-0.3, -0.25) is 9.59 Å². The van der Waals surface area contributed by atoms with Gasteiger partial charge in [0.05, 0.1) is 0 Å². The SMILES string of the molecule is CC(Oc1ccc(O)cc1)C(=O)N1CCN(C(=O)CCl)CC1. The van der Waals surface area contributed by atoms with E-state index >= 15 is 0 Å². The van der Waals surface area contributed by atoms with Gasteiger partial charge >= 0.3 is 0 Å². The summed E-state index contributed by atoms with van der Waals surface area (Å²) in [4.78, 5) is 27.2. The second-order valence-corrected chi connectivity index (χ2v) is 5.36. The van der Waals surface area contributed by atoms with E-state index in [1.165, 1.54) is 12.1 Å². The Kier molecular flexibility index (Phi) is 5.49. The third-order valence-electron chi connectivity index (χ3n) is 3.56. The van der Waals surface area contributed by atoms with Crippen molar-refractivity contribution in [1.82, 2.24) is 9.80 Å². The van der Waals surface area contributed by atoms with E-state index in [9.17, 15) is 14.7 Å². The van der Waals surface area contributed by atoms with Crippen LogP contribution in [0.2, 0.25) is 0 Å². The topological polar surface area (TPSA) is 70.1 Å². The summed E-state index contributed by atoms with van der Waals surface area (Å²) < 4.78 is 5.58. The van der Waals surface area contributed by atoms with Crippen molar-refractivity contribution in [2.24, 2.45) is 0 Å². The number of carbonyl (C=O) groups excluding carboxylic acids is 2. The fourth-order valence-electron chi connectivity index (χ4n) is 2.30. The van der Waals surface area contributed by atoms with Gasteiger partial charge in [0.1, 0.15) is 17.4 Å². The first-order valence-electron chi connectivity index (χ1n) is 7.09. The molecule has 1 fully saturated rings. The van der Waals surface area contributed by atoms with Crippen LogP contribution in [-0.4, -0.2) is 64.9 Å². The average molecular weight is 327 g/mol. The number of benzene rings is 1. The number of piperazine rings is 1. The van der Waals surface area contributed by atoms with Crippen molar-refractivity contribution < 1.29 is 19.4 Å². The van der Waals surface area contributed by atoms with Crippen LogP contribution in [0.5, 0.6) is 11.5 Å². The maximum atomic E-state index is 12.3. The summed E-state index contributed by atoms with van der Waals surface area (Å²) in [6, 6.07) is 6.22. The summed E-state index contributed by atoms with van der Waals surface area (Å²) in [5.74, 6) is 0.406. The molecule has 0 aromatic heterocycles. The monoisotopic (exact) mass is 326 g/mol. The number of ether oxygens (including phenoxy) is 1. The van der Waals surface area contributed by atoms with Gasteiger partial charge in [-0.15, -0.1) is 11.6 Å². The van der Waals surface area contributed by atoms with Crippen molar-refractivity contribution in [3.05, 3.63) is 24.3 Å². The van der Waals surface area contributed by atoms with E-state index in [1.54, 1.807) is 28.9 Å². The first kappa shape index (κ1) is 16.4. The number of phenolic OH excluding ortho intramolecular Hbond substituents is 1. The maximum Gasteiger partial charge on any atom is 0.263 e. The zero-order valence-electron chi connectivity index (χ0n) is 12.4. The summed E-state index contributed by atoms with van der Waals surface area (Å²) in [6.07, 6.45) is -0.625. The number of hydrogen-bond donors (Lipinski definition) is 1. The van der Waals surface area contributed by atoms with E-state index < -0.39 is 6.10 Å². The molecule has 0 spiro atoms. The molecule has 0 bridgehead atoms. The maximum absolute atomic E-state index is 12.3. The Bertz CT molecular complexity index is 527. The van der Waals surface area contributed by atoms with E-state index in [-0.39, 0.29) is 23.4 Å². The number of hydrogen-bond acceptors (Lipinski definition) is 4. The quantitative estimate of drug-likeness (QED) is 0.840. The fourth-order valence-corrected chi connectivity index (χ4v) is 2.47. The molecule has 1 aromatic carbocycles. The molecule has 0 aliphatic carbocycles. The lowest BCUT2D eigenvalue weighted by Crippen LogP contribution is -2.53. The van der Waals surface area contributed by atoms with Crippen LogP contribution in [0, 0.1) is 0 Å². The average Bonchev–Trinajstić information content (AvgIpc) is 2.55. The third kappa shape index (κ3) is 4.04. The van der Waals surface area contributed by atoms with Crippen LogP contribution in [0.3, 0.4) is 0 Å². The van der Waals surface area contributed by atoms with E-state index in [4.69, 9.17) is 16.3 Å². The Labute approximate surface area is 134 Å². The van der Waals surface area contributed by atoms with E-state index in [2.05, 4.69) is 0 Å². The molecular formula is C15H19ClN2O4. The molecule has 1 heterocycles. The number of nitrogens with zero attached hydrogens (tertiary/aromatic N) is 2. The molecule has 22 heavy (non-hydrogen) atoms. The van der Waals surface area contributed by atoms with E-state index in [0.717, 1.165) is 0 Å². The molecular weight excluding hydrogens is 308 g/mol. The second kappa shape index (κ2) is 7.35. The molecule has 1 aliphatic rings. The van der Waals surface area contributed by atoms with Crippen LogP contribution in [0.1, 0.15) is 6.92 Å². The molecule has 7 heteroatoms. The molecule has 120 valence electrons. The van der Waals surface area contributed by atoms with E-state index in [1.807, 2.05) is 0 Å². The van der Waals surface area contributed by atoms with Gasteiger partial charge in [0, 0.05) is 26.2 Å². The smallest absolute Gasteiger partial charge is 0.263 e. The lowest BCUT2D eigenvalue weighted by atomic mass is 10.2. The molecule has 1 aromatic rings. The van der Waals surface area contributed by atoms with Gasteiger partial charge in [0.2, 0.25) is 5.91 Å². The number of phenols is 1. The Morgan fingerprint density at radius 1 is 1.18 bits per heavy atom. The van der Waals surface area contributed by atoms with Gasteiger partial charge in [0.15, 0.2) is 6.10 Å². The van der Waals surface area contributed by atoms with Gasteiger partial charge in [-0.2, -0.15) is 0 Å². The lowest BCUT2D eigenvalue weighted by molar-refractivity contribution is -0.143. The Morgan fingerprint density at radius 3 is 2.27 bits per heavy atom. The number of rotatable bonds is 4. The number of halogens is 1. The molecule has 1 aliphatic heterocycles. The van der Waals surface area contributed by atoms with Crippen molar-refractivity contribution >= 4 is 23.4 Å². The van der Waals surface area contributed by atoms with Crippen LogP contribution >= 0.6 is 11.6 Å². The molecule has 0 saturated carbocycles. The summed E-state index contributed by atoms with van der Waals surface area (Å²) in [5.41, 5.74) is 0. The van der Waals surface area contributed by atoms with Gasteiger partial charge in [-0.1, -0.05) is 0 Å². The summed E-state index contributed by atoms with van der Waals surface area (Å²) in [7, 11) is 0. The number of aromatic hydroxyl groups is 1. The first-order chi connectivity index (χ1) is 10.5. The summed E-state index contributed by atoms with van der Waals surface area (Å²) in [6.45, 7) is 3.62. The second-order valence-electron chi connectivity index (χ2n) is 5.09. The highest BCUT2D eigenvalue weighted by Crippen LogP contribution is 2.18. The van der Waals surface area contributed by atoms with Crippen LogP contribution in [-0.2, 0) is 9.59 Å². The molecule has 2 rings (SSSR count). The minimum absolute atomic E-state index is 0.0334. The summed E-state index contributed by atoms with van der Waals surface area (Å²) >= 11 is 5.53. The van der Waals surface area contributed by atoms with Gasteiger partial charge < -0.3 is 19.6 Å². The van der Waals surface area contributed by atoms with Crippen LogP contribution < -0.4 is 4.74 Å². The molecule has 1 saturated heterocycles. The van der Waals surface area contributed by atoms with Crippen molar-refractivity contribution in [2.75, 3.05) is 32.1 Å². The zero-order chi connectivity index (χ0) is 16.1. The van der Waals surface area contributed by atoms with E-state index in [0.29, 0.717) is 31.9 Å². The molecule has 1 N–H and O–H groups in total. The lowest BCUT2D eigenvalue weighted by Gasteiger charge is -2.35. The Hall–Kier alpha value is -1.95. The molecule has 2 amide bonds. The number of amides is 2. The highest BCUT2D eigenvalue weighted by atomic mass is 35.5. The van der Waals surface area contributed by atoms with Crippen LogP contribution in [0.4, 0.5) is 0 Å². The third-order valence-corrected chi connectivity index (χ3v) is 3.78. The highest BCUT2D eigenvalue weighted by molar-refractivity contribution is 6.27. The van der Waals surface area contributed by atoms with Gasteiger partial charge in [-0.25, -0.2) is 0 Å². The number of carbonyl (C=O) groups is 2.